The van der Waals surface area contributed by atoms with Gasteiger partial charge in [-0.25, -0.2) is 10.4 Å². The molecule has 1 aromatic carbocycles. The first kappa shape index (κ1) is 10.5. The maximum Gasteiger partial charge on any atom is 0.197 e. The van der Waals surface area contributed by atoms with Crippen molar-refractivity contribution in [1.82, 2.24) is 10.4 Å². The van der Waals surface area contributed by atoms with E-state index in [0.29, 0.717) is 5.16 Å². The highest BCUT2D eigenvalue weighted by atomic mass is 35.5. The van der Waals surface area contributed by atoms with Crippen molar-refractivity contribution in [3.63, 3.8) is 0 Å². The number of allylic oxidation sites excluding steroid dienone is 1. The molecule has 0 aromatic heterocycles. The number of halogens is 1. The van der Waals surface area contributed by atoms with Gasteiger partial charge in [-0.3, -0.25) is 4.99 Å². The molecule has 1 aromatic rings. The van der Waals surface area contributed by atoms with E-state index in [1.54, 1.807) is 12.3 Å². The van der Waals surface area contributed by atoms with Gasteiger partial charge in [0.1, 0.15) is 5.16 Å². The minimum absolute atomic E-state index is 0.307. The lowest BCUT2D eigenvalue weighted by Crippen LogP contribution is -2.36. The Kier molecular flexibility index (Phi) is 3.08. The summed E-state index contributed by atoms with van der Waals surface area (Å²) in [6.07, 6.45) is 4.80. The maximum absolute atomic E-state index is 8.66. The van der Waals surface area contributed by atoms with Crippen LogP contribution < -0.4 is 5.43 Å². The van der Waals surface area contributed by atoms with Gasteiger partial charge >= 0.3 is 0 Å². The molecule has 0 bridgehead atoms. The quantitative estimate of drug-likeness (QED) is 0.483. The normalized spacial score (nSPS) is 18.9. The van der Waals surface area contributed by atoms with Crippen molar-refractivity contribution in [3.05, 3.63) is 47.1 Å². The van der Waals surface area contributed by atoms with E-state index in [1.165, 1.54) is 5.01 Å². The van der Waals surface area contributed by atoms with Crippen LogP contribution >= 0.6 is 11.6 Å². The van der Waals surface area contributed by atoms with Crippen molar-refractivity contribution in [2.45, 2.75) is 6.17 Å². The molecule has 0 amide bonds. The summed E-state index contributed by atoms with van der Waals surface area (Å²) >= 11 is 5.99. The lowest BCUT2D eigenvalue weighted by molar-refractivity contribution is 0.230. The number of benzene rings is 1. The van der Waals surface area contributed by atoms with Crippen LogP contribution in [-0.4, -0.2) is 11.2 Å². The standard InChI is InChI=1S/C11H9ClN4/c12-10-6-7-14-11(16(10)15-8-13)9-4-2-1-3-5-9/h1-7,11,15H. The molecule has 0 saturated carbocycles. The molecule has 0 aliphatic carbocycles. The molecule has 2 rings (SSSR count). The second kappa shape index (κ2) is 4.69. The van der Waals surface area contributed by atoms with Gasteiger partial charge in [0.05, 0.1) is 0 Å². The fourth-order valence-electron chi connectivity index (χ4n) is 1.48. The van der Waals surface area contributed by atoms with Gasteiger partial charge in [-0.2, -0.15) is 5.26 Å². The van der Waals surface area contributed by atoms with Gasteiger partial charge in [-0.05, 0) is 11.6 Å². The monoisotopic (exact) mass is 232 g/mol. The van der Waals surface area contributed by atoms with Crippen molar-refractivity contribution in [2.75, 3.05) is 0 Å². The zero-order chi connectivity index (χ0) is 11.4. The Morgan fingerprint density at radius 2 is 2.12 bits per heavy atom. The summed E-state index contributed by atoms with van der Waals surface area (Å²) in [6.45, 7) is 0. The third-order valence-corrected chi connectivity index (χ3v) is 2.49. The number of nitriles is 1. The largest absolute Gasteiger partial charge is 0.262 e. The van der Waals surface area contributed by atoms with E-state index >= 15 is 0 Å². The van der Waals surface area contributed by atoms with Crippen molar-refractivity contribution in [2.24, 2.45) is 4.99 Å². The molecule has 0 fully saturated rings. The molecule has 80 valence electrons. The van der Waals surface area contributed by atoms with Crippen LogP contribution in [0.15, 0.2) is 46.6 Å². The molecule has 1 aliphatic rings. The zero-order valence-electron chi connectivity index (χ0n) is 8.34. The second-order valence-corrected chi connectivity index (χ2v) is 3.55. The van der Waals surface area contributed by atoms with Crippen LogP contribution in [0, 0.1) is 11.5 Å². The van der Waals surface area contributed by atoms with Gasteiger partial charge in [0, 0.05) is 6.21 Å². The topological polar surface area (TPSA) is 51.4 Å². The lowest BCUT2D eigenvalue weighted by Gasteiger charge is -2.29. The van der Waals surface area contributed by atoms with Gasteiger partial charge in [0.2, 0.25) is 0 Å². The van der Waals surface area contributed by atoms with Crippen LogP contribution in [-0.2, 0) is 0 Å². The summed E-state index contributed by atoms with van der Waals surface area (Å²) in [5.41, 5.74) is 3.47. The van der Waals surface area contributed by atoms with Gasteiger partial charge in [0.15, 0.2) is 12.4 Å². The van der Waals surface area contributed by atoms with Gasteiger partial charge in [-0.15, -0.1) is 0 Å². The van der Waals surface area contributed by atoms with E-state index in [2.05, 4.69) is 10.4 Å². The predicted octanol–water partition coefficient (Wildman–Crippen LogP) is 2.14. The molecule has 1 atom stereocenters. The molecule has 1 aliphatic heterocycles. The van der Waals surface area contributed by atoms with E-state index in [1.807, 2.05) is 36.5 Å². The van der Waals surface area contributed by atoms with Crippen LogP contribution in [0.2, 0.25) is 0 Å². The number of nitrogens with zero attached hydrogens (tertiary/aromatic N) is 3. The summed E-state index contributed by atoms with van der Waals surface area (Å²) in [6, 6.07) is 9.63. The van der Waals surface area contributed by atoms with Crippen LogP contribution in [0.1, 0.15) is 11.7 Å². The zero-order valence-corrected chi connectivity index (χ0v) is 9.09. The molecule has 1 N–H and O–H groups in total. The Labute approximate surface area is 98.4 Å². The molecule has 5 heteroatoms. The summed E-state index contributed by atoms with van der Waals surface area (Å²) in [5.74, 6) is 0. The molecule has 4 nitrogen and oxygen atoms in total. The Morgan fingerprint density at radius 3 is 2.81 bits per heavy atom. The Balaban J connectivity index is 2.31. The number of aliphatic imine (C=N–C) groups is 1. The molecular formula is C11H9ClN4. The van der Waals surface area contributed by atoms with E-state index in [9.17, 15) is 0 Å². The first-order valence-corrected chi connectivity index (χ1v) is 5.08. The average molecular weight is 233 g/mol. The Morgan fingerprint density at radius 1 is 1.38 bits per heavy atom. The Hall–Kier alpha value is -1.99. The van der Waals surface area contributed by atoms with Crippen LogP contribution in [0.5, 0.6) is 0 Å². The van der Waals surface area contributed by atoms with Crippen molar-refractivity contribution >= 4 is 17.8 Å². The fourth-order valence-corrected chi connectivity index (χ4v) is 1.67. The summed E-state index contributed by atoms with van der Waals surface area (Å²) in [5, 5.41) is 10.6. The predicted molar refractivity (Wildman–Crippen MR) is 62.2 cm³/mol. The third-order valence-electron chi connectivity index (χ3n) is 2.18. The molecule has 1 heterocycles. The first-order chi connectivity index (χ1) is 7.83. The highest BCUT2D eigenvalue weighted by Gasteiger charge is 2.22. The van der Waals surface area contributed by atoms with E-state index in [0.717, 1.165) is 5.56 Å². The van der Waals surface area contributed by atoms with E-state index in [-0.39, 0.29) is 6.17 Å². The summed E-state index contributed by atoms with van der Waals surface area (Å²) in [4.78, 5) is 4.28. The molecule has 0 saturated heterocycles. The van der Waals surface area contributed by atoms with Crippen molar-refractivity contribution < 1.29 is 0 Å². The number of nitrogens with one attached hydrogen (secondary N) is 1. The van der Waals surface area contributed by atoms with Crippen LogP contribution in [0.4, 0.5) is 0 Å². The van der Waals surface area contributed by atoms with Gasteiger partial charge in [0.25, 0.3) is 0 Å². The molecular weight excluding hydrogens is 224 g/mol. The number of rotatable bonds is 2. The third kappa shape index (κ3) is 2.00. The second-order valence-electron chi connectivity index (χ2n) is 3.17. The van der Waals surface area contributed by atoms with Crippen LogP contribution in [0.3, 0.4) is 0 Å². The highest BCUT2D eigenvalue weighted by molar-refractivity contribution is 6.30. The number of hydrogen-bond acceptors (Lipinski definition) is 4. The molecule has 0 spiro atoms. The number of hydrazine groups is 1. The van der Waals surface area contributed by atoms with E-state index < -0.39 is 0 Å². The van der Waals surface area contributed by atoms with E-state index in [4.69, 9.17) is 16.9 Å². The summed E-state index contributed by atoms with van der Waals surface area (Å²) in [7, 11) is 0. The summed E-state index contributed by atoms with van der Waals surface area (Å²) < 4.78 is 0. The first-order valence-electron chi connectivity index (χ1n) is 4.71. The average Bonchev–Trinajstić information content (AvgIpc) is 2.33. The molecule has 1 unspecified atom stereocenters. The van der Waals surface area contributed by atoms with Crippen molar-refractivity contribution in [3.8, 4) is 6.19 Å². The maximum atomic E-state index is 8.66. The minimum Gasteiger partial charge on any atom is -0.262 e. The molecule has 0 radical (unpaired) electrons. The smallest absolute Gasteiger partial charge is 0.197 e. The fraction of sp³-hybridized carbons (Fsp3) is 0.0909. The van der Waals surface area contributed by atoms with Crippen molar-refractivity contribution in [1.29, 1.82) is 5.26 Å². The SMILES string of the molecule is N#CNN1C(Cl)=CC=NC1c1ccccc1. The highest BCUT2D eigenvalue weighted by Crippen LogP contribution is 2.27. The minimum atomic E-state index is -0.307. The van der Waals surface area contributed by atoms with Gasteiger partial charge in [-0.1, -0.05) is 41.9 Å². The Bertz CT molecular complexity index is 461. The van der Waals surface area contributed by atoms with Crippen LogP contribution in [0.25, 0.3) is 0 Å². The molecule has 16 heavy (non-hydrogen) atoms. The van der Waals surface area contributed by atoms with Gasteiger partial charge < -0.3 is 0 Å². The number of hydrogen-bond donors (Lipinski definition) is 1. The lowest BCUT2D eigenvalue weighted by atomic mass is 10.1.